The zero-order valence-corrected chi connectivity index (χ0v) is 14.5. The summed E-state index contributed by atoms with van der Waals surface area (Å²) in [7, 11) is 0. The van der Waals surface area contributed by atoms with Crippen molar-refractivity contribution in [2.75, 3.05) is 31.1 Å². The van der Waals surface area contributed by atoms with Crippen LogP contribution in [0.3, 0.4) is 0 Å². The number of rotatable bonds is 8. The fourth-order valence-corrected chi connectivity index (χ4v) is 4.00. The van der Waals surface area contributed by atoms with Crippen LogP contribution in [0.5, 0.6) is 0 Å². The second kappa shape index (κ2) is 7.90. The van der Waals surface area contributed by atoms with Gasteiger partial charge in [-0.25, -0.2) is 0 Å². The molecule has 0 radical (unpaired) electrons. The van der Waals surface area contributed by atoms with Gasteiger partial charge in [0.05, 0.1) is 0 Å². The molecule has 1 aliphatic heterocycles. The molecule has 114 valence electrons. The van der Waals surface area contributed by atoms with Crippen molar-refractivity contribution >= 4 is 11.8 Å². The Morgan fingerprint density at radius 1 is 1.00 bits per heavy atom. The minimum Gasteiger partial charge on any atom is -0.308 e. The highest BCUT2D eigenvalue weighted by Gasteiger charge is 2.43. The highest BCUT2D eigenvalue weighted by Crippen LogP contribution is 2.32. The van der Waals surface area contributed by atoms with Gasteiger partial charge in [-0.3, -0.25) is 4.90 Å². The Balaban J connectivity index is 2.79. The average molecular weight is 287 g/mol. The summed E-state index contributed by atoms with van der Waals surface area (Å²) < 4.78 is 0. The first-order chi connectivity index (χ1) is 9.12. The van der Waals surface area contributed by atoms with Crippen LogP contribution in [0.25, 0.3) is 0 Å². The number of piperazine rings is 1. The SMILES string of the molecule is CCSCCN1CC(CC)(CC)NCC1(CC)CC. The minimum absolute atomic E-state index is 0.352. The van der Waals surface area contributed by atoms with Crippen LogP contribution in [0.2, 0.25) is 0 Å². The lowest BCUT2D eigenvalue weighted by Crippen LogP contribution is -2.69. The second-order valence-electron chi connectivity index (χ2n) is 5.89. The average Bonchev–Trinajstić information content (AvgIpc) is 2.47. The molecular formula is C16H34N2S. The smallest absolute Gasteiger partial charge is 0.0330 e. The summed E-state index contributed by atoms with van der Waals surface area (Å²) in [4.78, 5) is 2.80. The zero-order chi connectivity index (χ0) is 14.4. The first-order valence-electron chi connectivity index (χ1n) is 8.19. The number of nitrogens with one attached hydrogen (secondary N) is 1. The van der Waals surface area contributed by atoms with Gasteiger partial charge in [0.1, 0.15) is 0 Å². The molecule has 0 aromatic carbocycles. The summed E-state index contributed by atoms with van der Waals surface area (Å²) >= 11 is 2.08. The van der Waals surface area contributed by atoms with E-state index in [4.69, 9.17) is 0 Å². The van der Waals surface area contributed by atoms with Gasteiger partial charge in [-0.15, -0.1) is 0 Å². The maximum Gasteiger partial charge on any atom is 0.0330 e. The first kappa shape index (κ1) is 17.3. The third-order valence-corrected chi connectivity index (χ3v) is 6.22. The van der Waals surface area contributed by atoms with Crippen molar-refractivity contribution in [3.05, 3.63) is 0 Å². The van der Waals surface area contributed by atoms with Gasteiger partial charge in [0.2, 0.25) is 0 Å². The highest BCUT2D eigenvalue weighted by atomic mass is 32.2. The minimum atomic E-state index is 0.352. The molecule has 0 saturated carbocycles. The quantitative estimate of drug-likeness (QED) is 0.684. The molecule has 0 unspecified atom stereocenters. The standard InChI is InChI=1S/C16H34N2S/c1-6-15(7-2)14-18(11-12-19-10-5)16(8-3,9-4)13-17-15/h17H,6-14H2,1-5H3. The predicted octanol–water partition coefficient (Wildman–Crippen LogP) is 3.76. The van der Waals surface area contributed by atoms with Crippen molar-refractivity contribution in [2.24, 2.45) is 0 Å². The molecular weight excluding hydrogens is 252 g/mol. The van der Waals surface area contributed by atoms with Crippen molar-refractivity contribution in [2.45, 2.75) is 71.4 Å². The van der Waals surface area contributed by atoms with E-state index in [2.05, 4.69) is 56.6 Å². The first-order valence-corrected chi connectivity index (χ1v) is 9.35. The van der Waals surface area contributed by atoms with Crippen LogP contribution in [0, 0.1) is 0 Å². The van der Waals surface area contributed by atoms with E-state index in [1.165, 1.54) is 56.8 Å². The highest BCUT2D eigenvalue weighted by molar-refractivity contribution is 7.99. The molecule has 0 bridgehead atoms. The molecule has 3 heteroatoms. The Morgan fingerprint density at radius 2 is 1.63 bits per heavy atom. The van der Waals surface area contributed by atoms with Crippen LogP contribution in [0.1, 0.15) is 60.3 Å². The number of thioether (sulfide) groups is 1. The van der Waals surface area contributed by atoms with Gasteiger partial charge in [-0.2, -0.15) is 11.8 Å². The topological polar surface area (TPSA) is 15.3 Å². The summed E-state index contributed by atoms with van der Waals surface area (Å²) in [6, 6.07) is 0. The van der Waals surface area contributed by atoms with E-state index in [0.717, 1.165) is 0 Å². The van der Waals surface area contributed by atoms with Gasteiger partial charge in [0, 0.05) is 36.5 Å². The lowest BCUT2D eigenvalue weighted by Gasteiger charge is -2.54. The Labute approximate surface area is 125 Å². The van der Waals surface area contributed by atoms with Crippen LogP contribution >= 0.6 is 11.8 Å². The maximum atomic E-state index is 3.90. The molecule has 1 saturated heterocycles. The third-order valence-electron chi connectivity index (χ3n) is 5.34. The van der Waals surface area contributed by atoms with Crippen LogP contribution in [-0.4, -0.2) is 47.1 Å². The lowest BCUT2D eigenvalue weighted by molar-refractivity contribution is 0.0000590. The Hall–Kier alpha value is 0.270. The molecule has 1 rings (SSSR count). The molecule has 1 fully saturated rings. The number of nitrogens with zero attached hydrogens (tertiary/aromatic N) is 1. The van der Waals surface area contributed by atoms with E-state index in [0.29, 0.717) is 11.1 Å². The van der Waals surface area contributed by atoms with E-state index >= 15 is 0 Å². The molecule has 0 aromatic rings. The summed E-state index contributed by atoms with van der Waals surface area (Å²) in [6.45, 7) is 15.3. The van der Waals surface area contributed by atoms with Crippen LogP contribution < -0.4 is 5.32 Å². The van der Waals surface area contributed by atoms with E-state index in [1.807, 2.05) is 0 Å². The third kappa shape index (κ3) is 3.89. The normalized spacial score (nSPS) is 22.6. The van der Waals surface area contributed by atoms with Gasteiger partial charge >= 0.3 is 0 Å². The van der Waals surface area contributed by atoms with Crippen LogP contribution in [-0.2, 0) is 0 Å². The molecule has 1 heterocycles. The zero-order valence-electron chi connectivity index (χ0n) is 13.7. The molecule has 1 N–H and O–H groups in total. The molecule has 19 heavy (non-hydrogen) atoms. The monoisotopic (exact) mass is 286 g/mol. The predicted molar refractivity (Wildman–Crippen MR) is 89.2 cm³/mol. The van der Waals surface area contributed by atoms with E-state index < -0.39 is 0 Å². The van der Waals surface area contributed by atoms with Crippen LogP contribution in [0.4, 0.5) is 0 Å². The van der Waals surface area contributed by atoms with Crippen molar-refractivity contribution in [1.82, 2.24) is 10.2 Å². The molecule has 2 nitrogen and oxygen atoms in total. The molecule has 0 aliphatic carbocycles. The molecule has 0 atom stereocenters. The number of hydrogen-bond acceptors (Lipinski definition) is 3. The Kier molecular flexibility index (Phi) is 7.20. The van der Waals surface area contributed by atoms with Crippen LogP contribution in [0.15, 0.2) is 0 Å². The van der Waals surface area contributed by atoms with Gasteiger partial charge in [0.15, 0.2) is 0 Å². The summed E-state index contributed by atoms with van der Waals surface area (Å²) in [5, 5.41) is 3.90. The Bertz CT molecular complexity index is 247. The summed E-state index contributed by atoms with van der Waals surface area (Å²) in [5.41, 5.74) is 0.743. The van der Waals surface area contributed by atoms with E-state index in [-0.39, 0.29) is 0 Å². The number of hydrogen-bond donors (Lipinski definition) is 1. The molecule has 0 amide bonds. The van der Waals surface area contributed by atoms with E-state index in [9.17, 15) is 0 Å². The molecule has 0 spiro atoms. The van der Waals surface area contributed by atoms with Crippen molar-refractivity contribution in [3.63, 3.8) is 0 Å². The fraction of sp³-hybridized carbons (Fsp3) is 1.00. The van der Waals surface area contributed by atoms with Gasteiger partial charge in [0.25, 0.3) is 0 Å². The second-order valence-corrected chi connectivity index (χ2v) is 7.28. The fourth-order valence-electron chi connectivity index (χ4n) is 3.36. The van der Waals surface area contributed by atoms with Gasteiger partial charge in [-0.05, 0) is 31.4 Å². The summed E-state index contributed by atoms with van der Waals surface area (Å²) in [6.07, 6.45) is 5.00. The van der Waals surface area contributed by atoms with E-state index in [1.54, 1.807) is 0 Å². The van der Waals surface area contributed by atoms with Crippen molar-refractivity contribution in [3.8, 4) is 0 Å². The molecule has 1 aliphatic rings. The maximum absolute atomic E-state index is 3.90. The largest absolute Gasteiger partial charge is 0.308 e. The van der Waals surface area contributed by atoms with Gasteiger partial charge in [-0.1, -0.05) is 34.6 Å². The Morgan fingerprint density at radius 3 is 2.11 bits per heavy atom. The lowest BCUT2D eigenvalue weighted by atomic mass is 9.80. The van der Waals surface area contributed by atoms with Crippen molar-refractivity contribution < 1.29 is 0 Å². The summed E-state index contributed by atoms with van der Waals surface area (Å²) in [5.74, 6) is 2.52. The van der Waals surface area contributed by atoms with Crippen molar-refractivity contribution in [1.29, 1.82) is 0 Å². The molecule has 0 aromatic heterocycles. The van der Waals surface area contributed by atoms with Gasteiger partial charge < -0.3 is 5.32 Å².